The molecule has 178 valence electrons. The first-order valence-corrected chi connectivity index (χ1v) is 9.71. The molecule has 0 spiro atoms. The molecule has 0 unspecified atom stereocenters. The van der Waals surface area contributed by atoms with Crippen molar-refractivity contribution in [2.75, 3.05) is 5.43 Å². The maximum absolute atomic E-state index is 13.0. The topological polar surface area (TPSA) is 80.4 Å². The van der Waals surface area contributed by atoms with E-state index in [4.69, 9.17) is 23.2 Å². The molecule has 3 rings (SSSR count). The number of nitro groups is 1. The van der Waals surface area contributed by atoms with Gasteiger partial charge in [-0.1, -0.05) is 35.3 Å². The van der Waals surface area contributed by atoms with Gasteiger partial charge in [-0.3, -0.25) is 20.5 Å². The van der Waals surface area contributed by atoms with E-state index < -0.39 is 44.8 Å². The molecule has 2 aromatic carbocycles. The van der Waals surface area contributed by atoms with Gasteiger partial charge >= 0.3 is 12.4 Å². The highest BCUT2D eigenvalue weighted by Crippen LogP contribution is 2.35. The average Bonchev–Trinajstić information content (AvgIpc) is 2.74. The van der Waals surface area contributed by atoms with E-state index in [9.17, 15) is 36.5 Å². The molecule has 0 atom stereocenters. The summed E-state index contributed by atoms with van der Waals surface area (Å²) in [5.74, 6) is 0. The number of halogens is 8. The summed E-state index contributed by atoms with van der Waals surface area (Å²) in [5, 5.41) is 15.1. The lowest BCUT2D eigenvalue weighted by Crippen LogP contribution is -2.13. The van der Waals surface area contributed by atoms with Crippen molar-refractivity contribution in [1.29, 1.82) is 0 Å². The van der Waals surface area contributed by atoms with Gasteiger partial charge in [0.2, 0.25) is 0 Å². The Kier molecular flexibility index (Phi) is 7.03. The van der Waals surface area contributed by atoms with Crippen LogP contribution in [0.15, 0.2) is 59.8 Å². The van der Waals surface area contributed by atoms with Gasteiger partial charge < -0.3 is 0 Å². The molecule has 0 aliphatic heterocycles. The average molecular weight is 523 g/mol. The molecular weight excluding hydrogens is 513 g/mol. The van der Waals surface area contributed by atoms with E-state index in [1.54, 1.807) is 0 Å². The Bertz CT molecular complexity index is 1260. The van der Waals surface area contributed by atoms with Crippen molar-refractivity contribution in [2.24, 2.45) is 5.10 Å². The Balaban J connectivity index is 2.11. The fraction of sp³-hybridized carbons (Fsp3) is 0.100. The molecule has 0 radical (unpaired) electrons. The van der Waals surface area contributed by atoms with E-state index in [1.165, 1.54) is 24.3 Å². The van der Waals surface area contributed by atoms with Crippen LogP contribution in [0.25, 0.3) is 0 Å². The highest BCUT2D eigenvalue weighted by molar-refractivity contribution is 6.35. The van der Waals surface area contributed by atoms with Crippen molar-refractivity contribution in [3.63, 3.8) is 0 Å². The lowest BCUT2D eigenvalue weighted by molar-refractivity contribution is -0.384. The van der Waals surface area contributed by atoms with Gasteiger partial charge in [0.25, 0.3) is 5.69 Å². The van der Waals surface area contributed by atoms with Crippen LogP contribution in [0.1, 0.15) is 22.4 Å². The maximum Gasteiger partial charge on any atom is 0.417 e. The van der Waals surface area contributed by atoms with Gasteiger partial charge in [0, 0.05) is 22.8 Å². The number of nitro benzene ring substituents is 1. The number of hydrogen-bond acceptors (Lipinski definition) is 5. The largest absolute Gasteiger partial charge is 0.417 e. The van der Waals surface area contributed by atoms with Crippen molar-refractivity contribution in [1.82, 2.24) is 4.98 Å². The summed E-state index contributed by atoms with van der Waals surface area (Å²) in [6.07, 6.45) is -9.02. The van der Waals surface area contributed by atoms with Crippen LogP contribution < -0.4 is 5.43 Å². The molecular formula is C20H10Cl2F6N4O2. The molecule has 14 heteroatoms. The minimum Gasteiger partial charge on any atom is -0.271 e. The first kappa shape index (κ1) is 25.2. The third kappa shape index (κ3) is 5.75. The monoisotopic (exact) mass is 522 g/mol. The second-order valence-corrected chi connectivity index (χ2v) is 7.46. The summed E-state index contributed by atoms with van der Waals surface area (Å²) in [6, 6.07) is 8.08. The van der Waals surface area contributed by atoms with Gasteiger partial charge in [-0.25, -0.2) is 0 Å². The number of alkyl halides is 6. The number of nitrogens with zero attached hydrogens (tertiary/aromatic N) is 3. The van der Waals surface area contributed by atoms with Crippen LogP contribution in [-0.4, -0.2) is 15.6 Å². The van der Waals surface area contributed by atoms with Crippen LogP contribution >= 0.6 is 23.2 Å². The van der Waals surface area contributed by atoms with Crippen LogP contribution in [0, 0.1) is 10.1 Å². The summed E-state index contributed by atoms with van der Waals surface area (Å²) in [5.41, 5.74) is -1.55. The van der Waals surface area contributed by atoms with E-state index in [1.807, 2.05) is 0 Å². The molecule has 1 heterocycles. The van der Waals surface area contributed by atoms with E-state index in [2.05, 4.69) is 15.5 Å². The highest BCUT2D eigenvalue weighted by atomic mass is 35.5. The molecule has 0 aliphatic carbocycles. The van der Waals surface area contributed by atoms with Crippen molar-refractivity contribution in [3.8, 4) is 0 Å². The zero-order valence-electron chi connectivity index (χ0n) is 16.4. The quantitative estimate of drug-likeness (QED) is 0.166. The summed E-state index contributed by atoms with van der Waals surface area (Å²) in [7, 11) is 0. The van der Waals surface area contributed by atoms with Crippen molar-refractivity contribution in [3.05, 3.63) is 97.3 Å². The molecule has 0 amide bonds. The first-order valence-electron chi connectivity index (χ1n) is 8.96. The van der Waals surface area contributed by atoms with Crippen LogP contribution in [0.3, 0.4) is 0 Å². The summed E-state index contributed by atoms with van der Waals surface area (Å²) in [4.78, 5) is 14.0. The highest BCUT2D eigenvalue weighted by Gasteiger charge is 2.34. The van der Waals surface area contributed by atoms with Gasteiger partial charge in [-0.05, 0) is 30.3 Å². The minimum atomic E-state index is -4.82. The third-order valence-electron chi connectivity index (χ3n) is 4.32. The summed E-state index contributed by atoms with van der Waals surface area (Å²) >= 11 is 11.9. The molecule has 0 aliphatic rings. The summed E-state index contributed by atoms with van der Waals surface area (Å²) in [6.45, 7) is 0. The van der Waals surface area contributed by atoms with E-state index in [-0.39, 0.29) is 17.0 Å². The zero-order chi connectivity index (χ0) is 25.3. The lowest BCUT2D eigenvalue weighted by atomic mass is 10.1. The Morgan fingerprint density at radius 1 is 0.941 bits per heavy atom. The number of aromatic nitrogens is 1. The molecule has 0 fully saturated rings. The number of pyridine rings is 1. The number of anilines is 1. The van der Waals surface area contributed by atoms with Crippen LogP contribution in [0.4, 0.5) is 37.7 Å². The Morgan fingerprint density at radius 3 is 2.09 bits per heavy atom. The number of nitrogens with one attached hydrogen (secondary N) is 1. The van der Waals surface area contributed by atoms with Gasteiger partial charge in [-0.2, -0.15) is 31.4 Å². The Labute approximate surface area is 197 Å². The second kappa shape index (κ2) is 9.47. The number of hydrazone groups is 1. The van der Waals surface area contributed by atoms with Gasteiger partial charge in [0.05, 0.1) is 21.1 Å². The van der Waals surface area contributed by atoms with Crippen LogP contribution in [-0.2, 0) is 12.4 Å². The lowest BCUT2D eigenvalue weighted by Gasteiger charge is -2.13. The number of rotatable bonds is 5. The summed E-state index contributed by atoms with van der Waals surface area (Å²) < 4.78 is 77.7. The van der Waals surface area contributed by atoms with Crippen molar-refractivity contribution < 1.29 is 31.3 Å². The van der Waals surface area contributed by atoms with Crippen LogP contribution in [0.5, 0.6) is 0 Å². The smallest absolute Gasteiger partial charge is 0.271 e. The standard InChI is InChI=1S/C20H10Cl2F6N4O2/c21-13-4-1-10(2-5-13)17(18-14(22)7-12(9-29-18)20(26,27)28)31-30-15-6-3-11(19(23,24)25)8-16(15)32(33)34/h1-9,30H/b31-17-. The molecule has 0 saturated carbocycles. The Hall–Kier alpha value is -3.38. The van der Waals surface area contributed by atoms with Crippen LogP contribution in [0.2, 0.25) is 10.0 Å². The van der Waals surface area contributed by atoms with E-state index >= 15 is 0 Å². The molecule has 3 aromatic rings. The second-order valence-electron chi connectivity index (χ2n) is 6.62. The van der Waals surface area contributed by atoms with Gasteiger partial charge in [0.1, 0.15) is 17.1 Å². The molecule has 1 aromatic heterocycles. The molecule has 0 bridgehead atoms. The molecule has 1 N–H and O–H groups in total. The van der Waals surface area contributed by atoms with E-state index in [0.29, 0.717) is 29.4 Å². The Morgan fingerprint density at radius 2 is 1.56 bits per heavy atom. The SMILES string of the molecule is O=[N+]([O-])c1cc(C(F)(F)F)ccc1N/N=C(/c1ccc(Cl)cc1)c1ncc(C(F)(F)F)cc1Cl. The third-order valence-corrected chi connectivity index (χ3v) is 4.86. The van der Waals surface area contributed by atoms with Crippen molar-refractivity contribution >= 4 is 40.3 Å². The van der Waals surface area contributed by atoms with E-state index in [0.717, 1.165) is 6.07 Å². The number of benzene rings is 2. The van der Waals surface area contributed by atoms with Gasteiger partial charge in [0.15, 0.2) is 0 Å². The molecule has 0 saturated heterocycles. The normalized spacial score (nSPS) is 12.5. The predicted molar refractivity (Wildman–Crippen MR) is 113 cm³/mol. The fourth-order valence-electron chi connectivity index (χ4n) is 2.70. The number of hydrogen-bond donors (Lipinski definition) is 1. The molecule has 6 nitrogen and oxygen atoms in total. The fourth-order valence-corrected chi connectivity index (χ4v) is 3.08. The first-order chi connectivity index (χ1) is 15.8. The molecule has 34 heavy (non-hydrogen) atoms. The maximum atomic E-state index is 13.0. The predicted octanol–water partition coefficient (Wildman–Crippen LogP) is 7.20. The zero-order valence-corrected chi connectivity index (χ0v) is 17.9. The van der Waals surface area contributed by atoms with Crippen molar-refractivity contribution in [2.45, 2.75) is 12.4 Å². The van der Waals surface area contributed by atoms with Gasteiger partial charge in [-0.15, -0.1) is 0 Å². The minimum absolute atomic E-state index is 0.149.